The van der Waals surface area contributed by atoms with Gasteiger partial charge in [-0.2, -0.15) is 0 Å². The minimum absolute atomic E-state index is 0.0534. The number of carbonyl (C=O) groups is 4. The van der Waals surface area contributed by atoms with Crippen LogP contribution >= 0.6 is 0 Å². The predicted molar refractivity (Wildman–Crippen MR) is 240 cm³/mol. The topological polar surface area (TPSA) is 130 Å². The summed E-state index contributed by atoms with van der Waals surface area (Å²) in [6, 6.07) is 3.53. The molecule has 0 bridgehead atoms. The highest BCUT2D eigenvalue weighted by atomic mass is 16.6. The van der Waals surface area contributed by atoms with Gasteiger partial charge in [0.15, 0.2) is 0 Å². The third-order valence-electron chi connectivity index (χ3n) is 11.3. The number of nitrogens with one attached hydrogen (secondary N) is 1. The number of pyridine rings is 1. The lowest BCUT2D eigenvalue weighted by Gasteiger charge is -2.30. The number of unbranched alkanes of at least 4 members (excludes halogenated alkanes) is 24. The van der Waals surface area contributed by atoms with Gasteiger partial charge in [-0.1, -0.05) is 174 Å². The normalized spacial score (nSPS) is 13.0. The maximum atomic E-state index is 13.6. The van der Waals surface area contributed by atoms with E-state index in [9.17, 15) is 19.2 Å². The van der Waals surface area contributed by atoms with Crippen LogP contribution in [0.2, 0.25) is 0 Å². The number of rotatable bonds is 37. The number of ether oxygens (including phenoxy) is 4. The monoisotopic (exact) mass is 839 g/mol. The van der Waals surface area contributed by atoms with E-state index in [0.717, 1.165) is 38.5 Å². The fourth-order valence-corrected chi connectivity index (χ4v) is 7.87. The van der Waals surface area contributed by atoms with E-state index >= 15 is 0 Å². The Morgan fingerprint density at radius 1 is 0.500 bits per heavy atom. The Kier molecular flexibility index (Phi) is 30.6. The SMILES string of the molecule is CCCCCCCCCCCCCCCC(=O)OCCOC(=O)C1=C(C)NC(C)=C(C(=O)OCCOC(=O)CCCCCCCCCCCCCCC)C1c1cccnc1. The quantitative estimate of drug-likeness (QED) is 0.0392. The molecule has 0 aromatic carbocycles. The molecule has 0 saturated carbocycles. The lowest BCUT2D eigenvalue weighted by Crippen LogP contribution is -2.33. The van der Waals surface area contributed by atoms with Gasteiger partial charge in [0, 0.05) is 36.6 Å². The molecule has 340 valence electrons. The number of esters is 4. The Labute approximate surface area is 363 Å². The summed E-state index contributed by atoms with van der Waals surface area (Å²) in [5, 5.41) is 3.14. The lowest BCUT2D eigenvalue weighted by atomic mass is 9.81. The smallest absolute Gasteiger partial charge is 0.336 e. The highest BCUT2D eigenvalue weighted by Crippen LogP contribution is 2.39. The molecule has 2 heterocycles. The van der Waals surface area contributed by atoms with Gasteiger partial charge in [0.1, 0.15) is 26.4 Å². The van der Waals surface area contributed by atoms with Gasteiger partial charge in [-0.15, -0.1) is 0 Å². The molecule has 1 aliphatic heterocycles. The zero-order valence-electron chi connectivity index (χ0n) is 38.2. The van der Waals surface area contributed by atoms with Crippen molar-refractivity contribution < 1.29 is 38.1 Å². The van der Waals surface area contributed by atoms with Crippen molar-refractivity contribution in [2.24, 2.45) is 0 Å². The standard InChI is InChI=1S/C50H82N2O8/c1-5-7-9-11-13-15-17-19-21-23-25-27-29-33-44(53)57-36-38-59-49(55)46-41(3)52-42(4)47(48(46)43-32-31-35-51-40-43)50(56)60-39-37-58-45(54)34-30-28-26-24-22-20-18-16-14-12-10-8-6-2/h31-32,35,40,48,52H,5-30,33-34,36-39H2,1-4H3. The van der Waals surface area contributed by atoms with E-state index < -0.39 is 17.9 Å². The first-order valence-electron chi connectivity index (χ1n) is 24.0. The van der Waals surface area contributed by atoms with E-state index in [2.05, 4.69) is 24.1 Å². The Morgan fingerprint density at radius 3 is 1.17 bits per heavy atom. The molecule has 0 atom stereocenters. The maximum Gasteiger partial charge on any atom is 0.336 e. The third kappa shape index (κ3) is 23.9. The molecule has 60 heavy (non-hydrogen) atoms. The van der Waals surface area contributed by atoms with Crippen molar-refractivity contribution in [1.82, 2.24) is 10.3 Å². The zero-order valence-corrected chi connectivity index (χ0v) is 38.2. The first-order valence-corrected chi connectivity index (χ1v) is 24.0. The molecule has 1 N–H and O–H groups in total. The van der Waals surface area contributed by atoms with E-state index in [0.29, 0.717) is 29.8 Å². The van der Waals surface area contributed by atoms with E-state index in [4.69, 9.17) is 18.9 Å². The van der Waals surface area contributed by atoms with Crippen LogP contribution in [0, 0.1) is 0 Å². The van der Waals surface area contributed by atoms with Crippen LogP contribution in [-0.2, 0) is 38.1 Å². The summed E-state index contributed by atoms with van der Waals surface area (Å²) in [7, 11) is 0. The zero-order chi connectivity index (χ0) is 43.5. The molecule has 0 unspecified atom stereocenters. The van der Waals surface area contributed by atoms with Crippen LogP contribution in [0.25, 0.3) is 0 Å². The number of dihydropyridines is 1. The molecule has 0 saturated heterocycles. The first kappa shape index (κ1) is 52.4. The summed E-state index contributed by atoms with van der Waals surface area (Å²) in [6.45, 7) is 7.66. The average molecular weight is 839 g/mol. The third-order valence-corrected chi connectivity index (χ3v) is 11.3. The van der Waals surface area contributed by atoms with Crippen LogP contribution in [0.15, 0.2) is 47.1 Å². The maximum absolute atomic E-state index is 13.6. The summed E-state index contributed by atoms with van der Waals surface area (Å²) in [5.41, 5.74) is 2.16. The van der Waals surface area contributed by atoms with E-state index in [1.54, 1.807) is 38.4 Å². The molecule has 0 aliphatic carbocycles. The van der Waals surface area contributed by atoms with Crippen molar-refractivity contribution >= 4 is 23.9 Å². The van der Waals surface area contributed by atoms with Crippen molar-refractivity contribution in [2.75, 3.05) is 26.4 Å². The van der Waals surface area contributed by atoms with Crippen LogP contribution < -0.4 is 5.32 Å². The molecular weight excluding hydrogens is 757 g/mol. The van der Waals surface area contributed by atoms with Gasteiger partial charge in [-0.25, -0.2) is 9.59 Å². The molecule has 2 rings (SSSR count). The van der Waals surface area contributed by atoms with Gasteiger partial charge in [-0.05, 0) is 38.3 Å². The molecule has 1 aliphatic rings. The summed E-state index contributed by atoms with van der Waals surface area (Å²) < 4.78 is 21.9. The Morgan fingerprint density at radius 2 is 0.833 bits per heavy atom. The average Bonchev–Trinajstić information content (AvgIpc) is 3.24. The van der Waals surface area contributed by atoms with Crippen molar-refractivity contribution in [3.05, 3.63) is 52.6 Å². The predicted octanol–water partition coefficient (Wildman–Crippen LogP) is 12.5. The van der Waals surface area contributed by atoms with E-state index in [1.807, 2.05) is 0 Å². The van der Waals surface area contributed by atoms with Crippen LogP contribution in [0.1, 0.15) is 219 Å². The highest BCUT2D eigenvalue weighted by Gasteiger charge is 2.38. The van der Waals surface area contributed by atoms with Crippen LogP contribution in [-0.4, -0.2) is 55.3 Å². The number of aromatic nitrogens is 1. The highest BCUT2D eigenvalue weighted by molar-refractivity contribution is 5.99. The molecule has 10 heteroatoms. The fraction of sp³-hybridized carbons (Fsp3) is 0.740. The van der Waals surface area contributed by atoms with Crippen molar-refractivity contribution in [3.63, 3.8) is 0 Å². The molecule has 0 amide bonds. The van der Waals surface area contributed by atoms with Crippen molar-refractivity contribution in [1.29, 1.82) is 0 Å². The molecule has 1 aromatic rings. The van der Waals surface area contributed by atoms with Crippen molar-refractivity contribution in [2.45, 2.75) is 213 Å². The van der Waals surface area contributed by atoms with E-state index in [1.165, 1.54) is 128 Å². The number of nitrogens with zero attached hydrogens (tertiary/aromatic N) is 1. The first-order chi connectivity index (χ1) is 29.3. The Balaban J connectivity index is 1.69. The summed E-state index contributed by atoms with van der Waals surface area (Å²) >= 11 is 0. The summed E-state index contributed by atoms with van der Waals surface area (Å²) in [6.07, 6.45) is 36.1. The fourth-order valence-electron chi connectivity index (χ4n) is 7.87. The largest absolute Gasteiger partial charge is 0.462 e. The Bertz CT molecular complexity index is 1310. The number of hydrogen-bond donors (Lipinski definition) is 1. The number of carbonyl (C=O) groups excluding carboxylic acids is 4. The second-order valence-electron chi connectivity index (χ2n) is 16.6. The number of hydrogen-bond acceptors (Lipinski definition) is 10. The molecule has 1 aromatic heterocycles. The van der Waals surface area contributed by atoms with Gasteiger partial charge in [0.2, 0.25) is 0 Å². The van der Waals surface area contributed by atoms with Crippen LogP contribution in [0.4, 0.5) is 0 Å². The minimum atomic E-state index is -0.809. The summed E-state index contributed by atoms with van der Waals surface area (Å²) in [4.78, 5) is 56.1. The second kappa shape index (κ2) is 35.0. The molecule has 0 radical (unpaired) electrons. The second-order valence-corrected chi connectivity index (χ2v) is 16.6. The molecular formula is C50H82N2O8. The molecule has 10 nitrogen and oxygen atoms in total. The van der Waals surface area contributed by atoms with Crippen LogP contribution in [0.5, 0.6) is 0 Å². The summed E-state index contributed by atoms with van der Waals surface area (Å²) in [5.74, 6) is -2.68. The van der Waals surface area contributed by atoms with Gasteiger partial charge in [0.05, 0.1) is 17.1 Å². The van der Waals surface area contributed by atoms with Gasteiger partial charge >= 0.3 is 23.9 Å². The molecule has 0 fully saturated rings. The lowest BCUT2D eigenvalue weighted by molar-refractivity contribution is -0.151. The van der Waals surface area contributed by atoms with Gasteiger partial charge < -0.3 is 24.3 Å². The van der Waals surface area contributed by atoms with Gasteiger partial charge in [-0.3, -0.25) is 14.6 Å². The number of allylic oxidation sites excluding steroid dienone is 2. The van der Waals surface area contributed by atoms with Crippen molar-refractivity contribution in [3.8, 4) is 0 Å². The van der Waals surface area contributed by atoms with Gasteiger partial charge in [0.25, 0.3) is 0 Å². The minimum Gasteiger partial charge on any atom is -0.462 e. The Hall–Kier alpha value is -3.69. The molecule has 0 spiro atoms. The van der Waals surface area contributed by atoms with E-state index in [-0.39, 0.29) is 49.5 Å². The van der Waals surface area contributed by atoms with Crippen LogP contribution in [0.3, 0.4) is 0 Å².